The minimum Gasteiger partial charge on any atom is -0.493 e. The van der Waals surface area contributed by atoms with Crippen LogP contribution in [-0.2, 0) is 12.8 Å². The van der Waals surface area contributed by atoms with Crippen LogP contribution in [0.15, 0.2) is 48.8 Å². The quantitative estimate of drug-likeness (QED) is 0.0995. The van der Waals surface area contributed by atoms with Crippen LogP contribution in [0.25, 0.3) is 21.9 Å². The van der Waals surface area contributed by atoms with Gasteiger partial charge in [-0.25, -0.2) is 9.59 Å². The molecule has 8 nitrogen and oxygen atoms in total. The van der Waals surface area contributed by atoms with Crippen LogP contribution in [0.1, 0.15) is 56.4 Å². The van der Waals surface area contributed by atoms with Crippen molar-refractivity contribution in [1.29, 1.82) is 0 Å². The molecule has 0 aliphatic carbocycles. The molecule has 0 amide bonds. The Kier molecular flexibility index (Phi) is 11.9. The molecule has 4 rings (SSSR count). The van der Waals surface area contributed by atoms with Crippen molar-refractivity contribution in [3.05, 3.63) is 78.4 Å². The van der Waals surface area contributed by atoms with Gasteiger partial charge in [0.25, 0.3) is 0 Å². The first-order valence-corrected chi connectivity index (χ1v) is 16.1. The first-order chi connectivity index (χ1) is 21.2. The molecule has 2 heterocycles. The number of hydrogen-bond donors (Lipinski definition) is 0. The lowest BCUT2D eigenvalue weighted by molar-refractivity contribution is 0.247. The third-order valence-electron chi connectivity index (χ3n) is 8.58. The van der Waals surface area contributed by atoms with Crippen molar-refractivity contribution in [3.63, 3.8) is 0 Å². The van der Waals surface area contributed by atoms with E-state index in [4.69, 9.17) is 29.9 Å². The Morgan fingerprint density at radius 3 is 1.89 bits per heavy atom. The van der Waals surface area contributed by atoms with E-state index in [0.29, 0.717) is 60.7 Å². The number of rotatable bonds is 16. The third-order valence-corrected chi connectivity index (χ3v) is 8.94. The van der Waals surface area contributed by atoms with Gasteiger partial charge in [-0.05, 0) is 88.3 Å². The lowest BCUT2D eigenvalue weighted by atomic mass is 10.0. The highest BCUT2D eigenvalue weighted by atomic mass is 35.5. The zero-order chi connectivity index (χ0) is 31.8. The SMILES string of the molecule is CCN(CC)CCc1c(C)c2ccc(OCCCOc3ccc4c(C)c(CCN(CC)CC)c(=O)oc4c3Cl)cc2oc1=O. The number of aryl methyl sites for hydroxylation is 2. The summed E-state index contributed by atoms with van der Waals surface area (Å²) in [6.45, 7) is 18.5. The van der Waals surface area contributed by atoms with E-state index in [2.05, 4.69) is 37.5 Å². The van der Waals surface area contributed by atoms with Gasteiger partial charge >= 0.3 is 11.3 Å². The Bertz CT molecular complexity index is 1690. The van der Waals surface area contributed by atoms with Crippen LogP contribution in [0.5, 0.6) is 11.5 Å². The van der Waals surface area contributed by atoms with Crippen molar-refractivity contribution in [2.24, 2.45) is 0 Å². The van der Waals surface area contributed by atoms with Crippen molar-refractivity contribution >= 4 is 33.5 Å². The summed E-state index contributed by atoms with van der Waals surface area (Å²) in [6.07, 6.45) is 1.88. The number of halogens is 1. The number of likely N-dealkylation sites (N-methyl/N-ethyl adjacent to an activating group) is 2. The zero-order valence-electron chi connectivity index (χ0n) is 26.9. The second-order valence-electron chi connectivity index (χ2n) is 11.0. The monoisotopic (exact) mass is 624 g/mol. The van der Waals surface area contributed by atoms with E-state index in [-0.39, 0.29) is 16.3 Å². The average Bonchev–Trinajstić information content (AvgIpc) is 3.01. The maximum Gasteiger partial charge on any atom is 0.339 e. The van der Waals surface area contributed by atoms with Gasteiger partial charge < -0.3 is 28.1 Å². The molecule has 9 heteroatoms. The molecule has 0 unspecified atom stereocenters. The van der Waals surface area contributed by atoms with Crippen molar-refractivity contribution in [1.82, 2.24) is 9.80 Å². The summed E-state index contributed by atoms with van der Waals surface area (Å²) in [7, 11) is 0. The molecule has 0 aliphatic rings. The fourth-order valence-corrected chi connectivity index (χ4v) is 5.87. The lowest BCUT2D eigenvalue weighted by Gasteiger charge is -2.18. The number of nitrogens with zero attached hydrogens (tertiary/aromatic N) is 2. The number of ether oxygens (including phenoxy) is 2. The van der Waals surface area contributed by atoms with Gasteiger partial charge in [-0.15, -0.1) is 0 Å². The minimum absolute atomic E-state index is 0.287. The molecule has 2 aromatic carbocycles. The summed E-state index contributed by atoms with van der Waals surface area (Å²) in [5, 5.41) is 2.02. The molecule has 0 radical (unpaired) electrons. The Morgan fingerprint density at radius 1 is 0.727 bits per heavy atom. The molecule has 0 atom stereocenters. The predicted octanol–water partition coefficient (Wildman–Crippen LogP) is 6.79. The number of hydrogen-bond acceptors (Lipinski definition) is 8. The summed E-state index contributed by atoms with van der Waals surface area (Å²) in [5.41, 5.74) is 3.48. The van der Waals surface area contributed by atoms with Gasteiger partial charge in [0.05, 0.1) is 13.2 Å². The summed E-state index contributed by atoms with van der Waals surface area (Å²) in [6, 6.07) is 9.31. The largest absolute Gasteiger partial charge is 0.493 e. The Labute approximate surface area is 264 Å². The van der Waals surface area contributed by atoms with E-state index in [1.54, 1.807) is 6.07 Å². The summed E-state index contributed by atoms with van der Waals surface area (Å²) < 4.78 is 23.2. The van der Waals surface area contributed by atoms with Gasteiger partial charge in [0.15, 0.2) is 5.58 Å². The third kappa shape index (κ3) is 7.65. The topological polar surface area (TPSA) is 85.4 Å². The van der Waals surface area contributed by atoms with Crippen LogP contribution in [0.2, 0.25) is 5.02 Å². The van der Waals surface area contributed by atoms with Crippen LogP contribution >= 0.6 is 11.6 Å². The van der Waals surface area contributed by atoms with E-state index in [9.17, 15) is 9.59 Å². The van der Waals surface area contributed by atoms with Crippen molar-refractivity contribution in [2.75, 3.05) is 52.5 Å². The molecule has 2 aromatic heterocycles. The lowest BCUT2D eigenvalue weighted by Crippen LogP contribution is -2.27. The molecule has 0 spiro atoms. The van der Waals surface area contributed by atoms with Crippen molar-refractivity contribution in [3.8, 4) is 11.5 Å². The van der Waals surface area contributed by atoms with E-state index in [0.717, 1.165) is 66.7 Å². The fourth-order valence-electron chi connectivity index (χ4n) is 5.61. The van der Waals surface area contributed by atoms with Crippen LogP contribution in [0.3, 0.4) is 0 Å². The molecule has 238 valence electrons. The highest BCUT2D eigenvalue weighted by molar-refractivity contribution is 6.36. The molecular weight excluding hydrogens is 580 g/mol. The molecule has 44 heavy (non-hydrogen) atoms. The van der Waals surface area contributed by atoms with Gasteiger partial charge in [0.1, 0.15) is 22.1 Å². The van der Waals surface area contributed by atoms with Crippen LogP contribution in [0.4, 0.5) is 0 Å². The van der Waals surface area contributed by atoms with E-state index in [1.165, 1.54) is 0 Å². The molecule has 0 saturated heterocycles. The molecule has 0 bridgehead atoms. The predicted molar refractivity (Wildman–Crippen MR) is 178 cm³/mol. The molecule has 0 N–H and O–H groups in total. The Morgan fingerprint density at radius 2 is 1.27 bits per heavy atom. The van der Waals surface area contributed by atoms with Crippen LogP contribution in [-0.4, -0.2) is 62.3 Å². The summed E-state index contributed by atoms with van der Waals surface area (Å²) >= 11 is 6.63. The molecule has 0 saturated carbocycles. The Balaban J connectivity index is 1.36. The van der Waals surface area contributed by atoms with Crippen LogP contribution in [0, 0.1) is 13.8 Å². The van der Waals surface area contributed by atoms with E-state index < -0.39 is 0 Å². The second kappa shape index (κ2) is 15.6. The molecular formula is C35H45ClN2O6. The van der Waals surface area contributed by atoms with E-state index in [1.807, 2.05) is 38.1 Å². The Hall–Kier alpha value is -3.33. The first-order valence-electron chi connectivity index (χ1n) is 15.7. The molecule has 0 fully saturated rings. The number of benzene rings is 2. The maximum absolute atomic E-state index is 12.8. The maximum atomic E-state index is 12.8. The van der Waals surface area contributed by atoms with Gasteiger partial charge in [-0.1, -0.05) is 39.3 Å². The van der Waals surface area contributed by atoms with Gasteiger partial charge in [0.2, 0.25) is 0 Å². The van der Waals surface area contributed by atoms with Crippen molar-refractivity contribution < 1.29 is 18.3 Å². The van der Waals surface area contributed by atoms with E-state index >= 15 is 0 Å². The minimum atomic E-state index is -0.355. The van der Waals surface area contributed by atoms with Gasteiger partial charge in [0, 0.05) is 47.5 Å². The first kappa shape index (κ1) is 33.6. The molecule has 0 aliphatic heterocycles. The van der Waals surface area contributed by atoms with Gasteiger partial charge in [-0.3, -0.25) is 0 Å². The van der Waals surface area contributed by atoms with Crippen LogP contribution < -0.4 is 20.7 Å². The standard InChI is InChI=1S/C35H45ClN2O6/c1-7-37(8-2)18-16-28-23(5)26-13-12-25(22-31(26)43-34(28)39)41-20-11-21-42-30-15-14-27-24(6)29(17-19-38(9-3)10-4)35(40)44-33(27)32(30)36/h12-15,22H,7-11,16-21H2,1-6H3. The average molecular weight is 625 g/mol. The summed E-state index contributed by atoms with van der Waals surface area (Å²) in [4.78, 5) is 30.1. The normalized spacial score (nSPS) is 11.8. The number of fused-ring (bicyclic) bond motifs is 2. The smallest absolute Gasteiger partial charge is 0.339 e. The highest BCUT2D eigenvalue weighted by Gasteiger charge is 2.17. The van der Waals surface area contributed by atoms with Gasteiger partial charge in [-0.2, -0.15) is 0 Å². The second-order valence-corrected chi connectivity index (χ2v) is 11.4. The summed E-state index contributed by atoms with van der Waals surface area (Å²) in [5.74, 6) is 1.08. The van der Waals surface area contributed by atoms with Crippen molar-refractivity contribution in [2.45, 2.75) is 60.8 Å². The fraction of sp³-hybridized carbons (Fsp3) is 0.486. The highest BCUT2D eigenvalue weighted by Crippen LogP contribution is 2.34. The zero-order valence-corrected chi connectivity index (χ0v) is 27.6. The molecule has 4 aromatic rings.